The summed E-state index contributed by atoms with van der Waals surface area (Å²) in [6.07, 6.45) is 0. The summed E-state index contributed by atoms with van der Waals surface area (Å²) in [5.41, 5.74) is 0.418. The van der Waals surface area contributed by atoms with E-state index in [1.54, 1.807) is 6.07 Å². The van der Waals surface area contributed by atoms with Gasteiger partial charge in [0.05, 0.1) is 5.69 Å². The van der Waals surface area contributed by atoms with Crippen molar-refractivity contribution in [2.75, 3.05) is 10.6 Å². The Morgan fingerprint density at radius 1 is 1.00 bits per heavy atom. The van der Waals surface area contributed by atoms with Crippen molar-refractivity contribution in [3.05, 3.63) is 54.3 Å². The second-order valence-corrected chi connectivity index (χ2v) is 5.66. The van der Waals surface area contributed by atoms with Gasteiger partial charge in [-0.15, -0.1) is 0 Å². The zero-order valence-corrected chi connectivity index (χ0v) is 11.5. The third kappa shape index (κ3) is 4.01. The van der Waals surface area contributed by atoms with E-state index in [0.717, 1.165) is 0 Å². The lowest BCUT2D eigenvalue weighted by Gasteiger charge is -2.10. The molecule has 0 bridgehead atoms. The smallest absolute Gasteiger partial charge is 0.308 e. The summed E-state index contributed by atoms with van der Waals surface area (Å²) in [7, 11) is -3.95. The van der Waals surface area contributed by atoms with E-state index in [4.69, 9.17) is 5.14 Å². The lowest BCUT2D eigenvalue weighted by atomic mass is 10.3. The maximum atomic E-state index is 12.7. The number of anilines is 2. The first kappa shape index (κ1) is 14.9. The molecule has 2 rings (SSSR count). The van der Waals surface area contributed by atoms with Gasteiger partial charge in [0.2, 0.25) is 10.0 Å². The Morgan fingerprint density at radius 2 is 1.62 bits per heavy atom. The zero-order valence-electron chi connectivity index (χ0n) is 10.7. The lowest BCUT2D eigenvalue weighted by Crippen LogP contribution is -2.22. The molecule has 0 saturated carbocycles. The number of carbonyl (C=O) groups excluding carboxylic acids is 1. The van der Waals surface area contributed by atoms with Gasteiger partial charge >= 0.3 is 6.03 Å². The van der Waals surface area contributed by atoms with Crippen molar-refractivity contribution in [3.63, 3.8) is 0 Å². The third-order valence-corrected chi connectivity index (χ3v) is 3.51. The molecule has 0 atom stereocenters. The normalized spacial score (nSPS) is 11.0. The third-order valence-electron chi connectivity index (χ3n) is 2.54. The van der Waals surface area contributed by atoms with Gasteiger partial charge in [0, 0.05) is 5.69 Å². The Morgan fingerprint density at radius 3 is 2.24 bits per heavy atom. The predicted molar refractivity (Wildman–Crippen MR) is 76.9 cm³/mol. The first-order valence-corrected chi connectivity index (χ1v) is 7.36. The molecule has 0 fully saturated rings. The number of benzene rings is 2. The topological polar surface area (TPSA) is 101 Å². The van der Waals surface area contributed by atoms with Crippen LogP contribution in [0.4, 0.5) is 20.6 Å². The van der Waals surface area contributed by atoms with Crippen molar-refractivity contribution in [1.29, 1.82) is 0 Å². The van der Waals surface area contributed by atoms with E-state index in [9.17, 15) is 17.6 Å². The molecule has 0 unspecified atom stereocenters. The fourth-order valence-corrected chi connectivity index (χ4v) is 2.33. The average Bonchev–Trinajstić information content (AvgIpc) is 2.41. The Hall–Kier alpha value is -2.45. The monoisotopic (exact) mass is 309 g/mol. The molecule has 0 radical (unpaired) electrons. The summed E-state index contributed by atoms with van der Waals surface area (Å²) in [6, 6.07) is 10.2. The highest BCUT2D eigenvalue weighted by atomic mass is 32.2. The molecule has 2 aromatic carbocycles. The molecular weight excluding hydrogens is 297 g/mol. The van der Waals surface area contributed by atoms with E-state index < -0.39 is 21.9 Å². The number of nitrogens with two attached hydrogens (primary N) is 1. The van der Waals surface area contributed by atoms with Crippen LogP contribution in [0.3, 0.4) is 0 Å². The molecule has 0 heterocycles. The molecule has 0 aliphatic carbocycles. The van der Waals surface area contributed by atoms with E-state index in [1.807, 2.05) is 0 Å². The molecule has 110 valence electrons. The van der Waals surface area contributed by atoms with Crippen LogP contribution in [0.1, 0.15) is 0 Å². The van der Waals surface area contributed by atoms with E-state index in [1.165, 1.54) is 42.5 Å². The van der Waals surface area contributed by atoms with Crippen LogP contribution >= 0.6 is 0 Å². The standard InChI is InChI=1S/C13H12FN3O3S/c14-9-5-7-10(8-6-9)16-13(18)17-11-3-1-2-4-12(11)21(15,19)20/h1-8H,(H2,15,19,20)(H2,16,17,18). The van der Waals surface area contributed by atoms with E-state index in [0.29, 0.717) is 5.69 Å². The second-order valence-electron chi connectivity index (χ2n) is 4.13. The maximum absolute atomic E-state index is 12.7. The van der Waals surface area contributed by atoms with Gasteiger partial charge in [-0.05, 0) is 36.4 Å². The summed E-state index contributed by atoms with van der Waals surface area (Å²) in [5, 5.41) is 9.88. The molecule has 4 N–H and O–H groups in total. The number of hydrogen-bond donors (Lipinski definition) is 3. The SMILES string of the molecule is NS(=O)(=O)c1ccccc1NC(=O)Nc1ccc(F)cc1. The largest absolute Gasteiger partial charge is 0.323 e. The number of para-hydroxylation sites is 1. The molecular formula is C13H12FN3O3S. The van der Waals surface area contributed by atoms with Crippen molar-refractivity contribution in [2.24, 2.45) is 5.14 Å². The van der Waals surface area contributed by atoms with Crippen LogP contribution in [0, 0.1) is 5.82 Å². The van der Waals surface area contributed by atoms with Crippen molar-refractivity contribution in [2.45, 2.75) is 4.90 Å². The van der Waals surface area contributed by atoms with Crippen LogP contribution in [0.15, 0.2) is 53.4 Å². The molecule has 0 saturated heterocycles. The van der Waals surface area contributed by atoms with Crippen LogP contribution in [0.5, 0.6) is 0 Å². The number of urea groups is 1. The quantitative estimate of drug-likeness (QED) is 0.809. The maximum Gasteiger partial charge on any atom is 0.323 e. The number of primary sulfonamides is 1. The molecule has 0 aromatic heterocycles. The number of halogens is 1. The van der Waals surface area contributed by atoms with Gasteiger partial charge in [-0.2, -0.15) is 0 Å². The highest BCUT2D eigenvalue weighted by Gasteiger charge is 2.14. The molecule has 2 amide bonds. The van der Waals surface area contributed by atoms with Gasteiger partial charge in [0.25, 0.3) is 0 Å². The van der Waals surface area contributed by atoms with E-state index in [-0.39, 0.29) is 10.6 Å². The molecule has 0 spiro atoms. The molecule has 2 aromatic rings. The Balaban J connectivity index is 2.15. The van der Waals surface area contributed by atoms with Crippen LogP contribution in [0.2, 0.25) is 0 Å². The summed E-state index contributed by atoms with van der Waals surface area (Å²) >= 11 is 0. The van der Waals surface area contributed by atoms with Gasteiger partial charge in [-0.3, -0.25) is 0 Å². The summed E-state index contributed by atoms with van der Waals surface area (Å²) in [5.74, 6) is -0.430. The van der Waals surface area contributed by atoms with Crippen molar-refractivity contribution < 1.29 is 17.6 Å². The van der Waals surface area contributed by atoms with Crippen molar-refractivity contribution >= 4 is 27.4 Å². The summed E-state index contributed by atoms with van der Waals surface area (Å²) in [6.45, 7) is 0. The Bertz CT molecular complexity index is 760. The fourth-order valence-electron chi connectivity index (χ4n) is 1.64. The second kappa shape index (κ2) is 5.90. The molecule has 6 nitrogen and oxygen atoms in total. The fraction of sp³-hybridized carbons (Fsp3) is 0. The Kier molecular flexibility index (Phi) is 4.20. The highest BCUT2D eigenvalue weighted by Crippen LogP contribution is 2.19. The van der Waals surface area contributed by atoms with Crippen LogP contribution < -0.4 is 15.8 Å². The highest BCUT2D eigenvalue weighted by molar-refractivity contribution is 7.89. The minimum atomic E-state index is -3.95. The molecule has 0 aliphatic rings. The average molecular weight is 309 g/mol. The van der Waals surface area contributed by atoms with Gasteiger partial charge < -0.3 is 10.6 Å². The van der Waals surface area contributed by atoms with Crippen LogP contribution in [-0.4, -0.2) is 14.4 Å². The van der Waals surface area contributed by atoms with Crippen LogP contribution in [0.25, 0.3) is 0 Å². The van der Waals surface area contributed by atoms with Gasteiger partial charge in [-0.1, -0.05) is 12.1 Å². The number of sulfonamides is 1. The number of nitrogens with one attached hydrogen (secondary N) is 2. The van der Waals surface area contributed by atoms with Crippen molar-refractivity contribution in [1.82, 2.24) is 0 Å². The first-order chi connectivity index (χ1) is 9.86. The van der Waals surface area contributed by atoms with Gasteiger partial charge in [-0.25, -0.2) is 22.7 Å². The minimum Gasteiger partial charge on any atom is -0.308 e. The predicted octanol–water partition coefficient (Wildman–Crippen LogP) is 2.12. The number of rotatable bonds is 3. The molecule has 8 heteroatoms. The lowest BCUT2D eigenvalue weighted by molar-refractivity contribution is 0.262. The summed E-state index contributed by atoms with van der Waals surface area (Å²) in [4.78, 5) is 11.6. The molecule has 0 aliphatic heterocycles. The number of hydrogen-bond acceptors (Lipinski definition) is 3. The summed E-state index contributed by atoms with van der Waals surface area (Å²) < 4.78 is 35.5. The van der Waals surface area contributed by atoms with E-state index >= 15 is 0 Å². The number of carbonyl (C=O) groups is 1. The minimum absolute atomic E-state index is 0.0552. The van der Waals surface area contributed by atoms with E-state index in [2.05, 4.69) is 10.6 Å². The van der Waals surface area contributed by atoms with Crippen molar-refractivity contribution in [3.8, 4) is 0 Å². The van der Waals surface area contributed by atoms with Gasteiger partial charge in [0.15, 0.2) is 0 Å². The zero-order chi connectivity index (χ0) is 15.5. The van der Waals surface area contributed by atoms with Crippen LogP contribution in [-0.2, 0) is 10.0 Å². The Labute approximate surface area is 120 Å². The molecule has 21 heavy (non-hydrogen) atoms. The van der Waals surface area contributed by atoms with Gasteiger partial charge in [0.1, 0.15) is 10.7 Å². The first-order valence-electron chi connectivity index (χ1n) is 5.81. The number of amides is 2.